The van der Waals surface area contributed by atoms with Crippen molar-refractivity contribution in [2.45, 2.75) is 32.6 Å². The first kappa shape index (κ1) is 8.77. The fourth-order valence-corrected chi connectivity index (χ4v) is 3.41. The van der Waals surface area contributed by atoms with Crippen LogP contribution in [-0.2, 0) is 19.3 Å². The van der Waals surface area contributed by atoms with E-state index in [1.54, 1.807) is 10.4 Å². The van der Waals surface area contributed by atoms with Gasteiger partial charge in [0, 0.05) is 9.75 Å². The van der Waals surface area contributed by atoms with Crippen LogP contribution < -0.4 is 0 Å². The Morgan fingerprint density at radius 1 is 1.46 bits per heavy atom. The molecule has 1 aliphatic carbocycles. The molecule has 2 heteroatoms. The second-order valence-electron chi connectivity index (χ2n) is 3.54. The van der Waals surface area contributed by atoms with Crippen LogP contribution in [0.15, 0.2) is 0 Å². The van der Waals surface area contributed by atoms with Crippen molar-refractivity contribution in [3.05, 3.63) is 32.3 Å². The first-order valence-corrected chi connectivity index (χ1v) is 5.58. The van der Waals surface area contributed by atoms with Crippen molar-refractivity contribution in [1.29, 1.82) is 0 Å². The zero-order valence-electron chi connectivity index (χ0n) is 7.89. The molecular weight excluding hydrogens is 178 g/mol. The van der Waals surface area contributed by atoms with Crippen LogP contribution in [0.1, 0.15) is 27.3 Å². The summed E-state index contributed by atoms with van der Waals surface area (Å²) >= 11 is 1.95. The minimum atomic E-state index is 0.653. The van der Waals surface area contributed by atoms with Crippen LogP contribution in [-0.4, -0.2) is 6.54 Å². The molecule has 2 rings (SSSR count). The summed E-state index contributed by atoms with van der Waals surface area (Å²) in [6.45, 7) is 9.65. The highest BCUT2D eigenvalue weighted by molar-refractivity contribution is 7.12. The fourth-order valence-electron chi connectivity index (χ4n) is 2.01. The van der Waals surface area contributed by atoms with E-state index in [0.29, 0.717) is 6.54 Å². The molecule has 13 heavy (non-hydrogen) atoms. The van der Waals surface area contributed by atoms with E-state index in [9.17, 15) is 0 Å². The van der Waals surface area contributed by atoms with Crippen LogP contribution in [0.25, 0.3) is 4.85 Å². The molecule has 0 saturated heterocycles. The highest BCUT2D eigenvalue weighted by atomic mass is 32.1. The van der Waals surface area contributed by atoms with Crippen LogP contribution in [0.3, 0.4) is 0 Å². The maximum Gasteiger partial charge on any atom is 0.219 e. The molecule has 0 bridgehead atoms. The summed E-state index contributed by atoms with van der Waals surface area (Å²) in [6, 6.07) is 0. The van der Waals surface area contributed by atoms with Gasteiger partial charge in [-0.1, -0.05) is 0 Å². The van der Waals surface area contributed by atoms with Gasteiger partial charge >= 0.3 is 0 Å². The Kier molecular flexibility index (Phi) is 2.37. The number of thiophene rings is 1. The summed E-state index contributed by atoms with van der Waals surface area (Å²) in [5, 5.41) is 0. The lowest BCUT2D eigenvalue weighted by Gasteiger charge is -1.95. The van der Waals surface area contributed by atoms with Crippen molar-refractivity contribution in [1.82, 2.24) is 0 Å². The topological polar surface area (TPSA) is 4.36 Å². The molecule has 1 heterocycles. The second-order valence-corrected chi connectivity index (χ2v) is 4.73. The van der Waals surface area contributed by atoms with Crippen LogP contribution in [0, 0.1) is 13.5 Å². The lowest BCUT2D eigenvalue weighted by atomic mass is 10.1. The minimum absolute atomic E-state index is 0.653. The molecule has 1 aromatic heterocycles. The highest BCUT2D eigenvalue weighted by Gasteiger charge is 2.19. The molecule has 0 unspecified atom stereocenters. The van der Waals surface area contributed by atoms with Gasteiger partial charge in [-0.05, 0) is 37.3 Å². The van der Waals surface area contributed by atoms with Gasteiger partial charge in [0.25, 0.3) is 0 Å². The third-order valence-electron chi connectivity index (χ3n) is 2.74. The SMILES string of the molecule is [C-]#[N+]CCc1sc2c(c1C)CCC2. The predicted octanol–water partition coefficient (Wildman–Crippen LogP) is 3.01. The van der Waals surface area contributed by atoms with Gasteiger partial charge in [-0.3, -0.25) is 0 Å². The summed E-state index contributed by atoms with van der Waals surface area (Å²) in [5.41, 5.74) is 3.09. The summed E-state index contributed by atoms with van der Waals surface area (Å²) in [4.78, 5) is 6.47. The van der Waals surface area contributed by atoms with Gasteiger partial charge in [-0.15, -0.1) is 11.3 Å². The molecule has 1 aliphatic rings. The van der Waals surface area contributed by atoms with Gasteiger partial charge in [-0.25, -0.2) is 6.57 Å². The van der Waals surface area contributed by atoms with E-state index in [4.69, 9.17) is 6.57 Å². The molecule has 0 amide bonds. The lowest BCUT2D eigenvalue weighted by molar-refractivity contribution is 0.908. The van der Waals surface area contributed by atoms with Gasteiger partial charge in [0.2, 0.25) is 6.54 Å². The molecule has 68 valence electrons. The summed E-state index contributed by atoms with van der Waals surface area (Å²) in [6.07, 6.45) is 4.85. The molecule has 0 fully saturated rings. The average molecular weight is 191 g/mol. The summed E-state index contributed by atoms with van der Waals surface area (Å²) < 4.78 is 0. The Morgan fingerprint density at radius 3 is 3.00 bits per heavy atom. The van der Waals surface area contributed by atoms with Crippen LogP contribution in [0.4, 0.5) is 0 Å². The number of nitrogens with zero attached hydrogens (tertiary/aromatic N) is 1. The van der Waals surface area contributed by atoms with Crippen molar-refractivity contribution in [2.24, 2.45) is 0 Å². The summed E-state index contributed by atoms with van der Waals surface area (Å²) in [7, 11) is 0. The smallest absolute Gasteiger partial charge is 0.219 e. The van der Waals surface area contributed by atoms with Crippen molar-refractivity contribution in [3.63, 3.8) is 0 Å². The number of hydrogen-bond acceptors (Lipinski definition) is 1. The Morgan fingerprint density at radius 2 is 2.31 bits per heavy atom. The Hall–Kier alpha value is -0.810. The molecule has 1 aromatic rings. The van der Waals surface area contributed by atoms with Crippen molar-refractivity contribution in [2.75, 3.05) is 6.54 Å². The van der Waals surface area contributed by atoms with E-state index >= 15 is 0 Å². The van der Waals surface area contributed by atoms with Crippen LogP contribution in [0.5, 0.6) is 0 Å². The third kappa shape index (κ3) is 1.49. The quantitative estimate of drug-likeness (QED) is 0.633. The monoisotopic (exact) mass is 191 g/mol. The summed E-state index contributed by atoms with van der Waals surface area (Å²) in [5.74, 6) is 0. The number of hydrogen-bond donors (Lipinski definition) is 0. The normalized spacial score (nSPS) is 14.2. The largest absolute Gasteiger partial charge is 0.317 e. The van der Waals surface area contributed by atoms with E-state index in [0.717, 1.165) is 6.42 Å². The van der Waals surface area contributed by atoms with Crippen molar-refractivity contribution < 1.29 is 0 Å². The molecule has 0 N–H and O–H groups in total. The highest BCUT2D eigenvalue weighted by Crippen LogP contribution is 2.34. The molecule has 0 spiro atoms. The first-order chi connectivity index (χ1) is 6.33. The maximum absolute atomic E-state index is 6.77. The van der Waals surface area contributed by atoms with Gasteiger partial charge in [0.05, 0.1) is 6.42 Å². The van der Waals surface area contributed by atoms with Crippen LogP contribution in [0.2, 0.25) is 0 Å². The predicted molar refractivity (Wildman–Crippen MR) is 56.3 cm³/mol. The molecule has 1 nitrogen and oxygen atoms in total. The number of aryl methyl sites for hydroxylation is 1. The van der Waals surface area contributed by atoms with Gasteiger partial charge in [0.15, 0.2) is 0 Å². The van der Waals surface area contributed by atoms with E-state index < -0.39 is 0 Å². The molecule has 0 saturated carbocycles. The molecular formula is C11H13NS. The lowest BCUT2D eigenvalue weighted by Crippen LogP contribution is -1.88. The molecule has 0 aliphatic heterocycles. The molecule has 0 aromatic carbocycles. The number of fused-ring (bicyclic) bond motifs is 1. The molecule has 0 atom stereocenters. The zero-order chi connectivity index (χ0) is 9.26. The van der Waals surface area contributed by atoms with Crippen molar-refractivity contribution >= 4 is 11.3 Å². The fraction of sp³-hybridized carbons (Fsp3) is 0.545. The Labute approximate surface area is 83.2 Å². The molecule has 0 radical (unpaired) electrons. The van der Waals surface area contributed by atoms with Crippen LogP contribution >= 0.6 is 11.3 Å². The minimum Gasteiger partial charge on any atom is -0.317 e. The average Bonchev–Trinajstić information content (AvgIpc) is 2.67. The standard InChI is InChI=1S/C11H13NS/c1-8-9-4-3-5-11(9)13-10(8)6-7-12-2/h3-7H2,1H3. The number of rotatable bonds is 2. The van der Waals surface area contributed by atoms with Gasteiger partial charge < -0.3 is 4.85 Å². The van der Waals surface area contributed by atoms with E-state index in [1.807, 2.05) is 11.3 Å². The van der Waals surface area contributed by atoms with E-state index in [-0.39, 0.29) is 0 Å². The first-order valence-electron chi connectivity index (χ1n) is 4.76. The van der Waals surface area contributed by atoms with Crippen molar-refractivity contribution in [3.8, 4) is 0 Å². The van der Waals surface area contributed by atoms with Gasteiger partial charge in [0.1, 0.15) is 0 Å². The Bertz CT molecular complexity index is 357. The zero-order valence-corrected chi connectivity index (χ0v) is 8.71. The van der Waals surface area contributed by atoms with Gasteiger partial charge in [-0.2, -0.15) is 0 Å². The third-order valence-corrected chi connectivity index (χ3v) is 4.19. The van der Waals surface area contributed by atoms with E-state index in [1.165, 1.54) is 29.7 Å². The second kappa shape index (κ2) is 3.51. The van der Waals surface area contributed by atoms with E-state index in [2.05, 4.69) is 11.8 Å². The maximum atomic E-state index is 6.77. The Balaban J connectivity index is 2.24.